The van der Waals surface area contributed by atoms with Gasteiger partial charge in [0.1, 0.15) is 6.61 Å². The third-order valence-electron chi connectivity index (χ3n) is 4.67. The van der Waals surface area contributed by atoms with E-state index < -0.39 is 5.97 Å². The molecule has 3 aliphatic heterocycles. The van der Waals surface area contributed by atoms with Crippen molar-refractivity contribution in [2.75, 3.05) is 39.5 Å². The van der Waals surface area contributed by atoms with Crippen LogP contribution in [-0.4, -0.2) is 72.7 Å². The lowest BCUT2D eigenvalue weighted by atomic mass is 9.85. The maximum atomic E-state index is 10.6. The molecule has 0 aromatic heterocycles. The molecule has 0 aromatic carbocycles. The molecule has 0 aliphatic carbocycles. The Kier molecular flexibility index (Phi) is 3.75. The summed E-state index contributed by atoms with van der Waals surface area (Å²) in [6.07, 6.45) is 3.04. The van der Waals surface area contributed by atoms with Crippen LogP contribution in [0.4, 0.5) is 0 Å². The van der Waals surface area contributed by atoms with Crippen molar-refractivity contribution < 1.29 is 24.1 Å². The summed E-state index contributed by atoms with van der Waals surface area (Å²) in [5.74, 6) is -0.905. The lowest BCUT2D eigenvalue weighted by molar-refractivity contribution is -0.183. The van der Waals surface area contributed by atoms with E-state index in [-0.39, 0.29) is 17.8 Å². The fourth-order valence-corrected chi connectivity index (χ4v) is 3.58. The van der Waals surface area contributed by atoms with Gasteiger partial charge in [-0.25, -0.2) is 4.79 Å². The molecule has 3 rings (SSSR count). The zero-order valence-electron chi connectivity index (χ0n) is 12.0. The van der Waals surface area contributed by atoms with Gasteiger partial charge in [-0.15, -0.1) is 0 Å². The Morgan fingerprint density at radius 2 is 2.25 bits per heavy atom. The first-order chi connectivity index (χ1) is 9.50. The minimum Gasteiger partial charge on any atom is -0.480 e. The second-order valence-corrected chi connectivity index (χ2v) is 6.52. The van der Waals surface area contributed by atoms with Crippen molar-refractivity contribution in [3.8, 4) is 0 Å². The molecule has 2 unspecified atom stereocenters. The largest absolute Gasteiger partial charge is 0.480 e. The van der Waals surface area contributed by atoms with Gasteiger partial charge in [0.15, 0.2) is 0 Å². The van der Waals surface area contributed by atoms with Gasteiger partial charge in [-0.05, 0) is 19.8 Å². The second kappa shape index (κ2) is 5.26. The van der Waals surface area contributed by atoms with Gasteiger partial charge in [0.2, 0.25) is 0 Å². The average molecular weight is 285 g/mol. The number of carbonyl (C=O) groups is 1. The lowest BCUT2D eigenvalue weighted by Crippen LogP contribution is -2.66. The Bertz CT molecular complexity index is 374. The third-order valence-corrected chi connectivity index (χ3v) is 4.67. The predicted octanol–water partition coefficient (Wildman–Crippen LogP) is 0.500. The molecule has 6 nitrogen and oxygen atoms in total. The van der Waals surface area contributed by atoms with Crippen LogP contribution in [0.25, 0.3) is 0 Å². The van der Waals surface area contributed by atoms with Crippen molar-refractivity contribution in [3.63, 3.8) is 0 Å². The number of rotatable bonds is 4. The Morgan fingerprint density at radius 1 is 1.45 bits per heavy atom. The van der Waals surface area contributed by atoms with Crippen molar-refractivity contribution >= 4 is 5.97 Å². The zero-order chi connectivity index (χ0) is 14.2. The number of carboxylic acid groups (broad SMARTS) is 1. The summed E-state index contributed by atoms with van der Waals surface area (Å²) in [6, 6.07) is 0.506. The molecule has 2 atom stereocenters. The van der Waals surface area contributed by atoms with E-state index in [0.717, 1.165) is 45.6 Å². The van der Waals surface area contributed by atoms with Crippen molar-refractivity contribution in [3.05, 3.63) is 0 Å². The number of ether oxygens (including phenoxy) is 3. The fraction of sp³-hybridized carbons (Fsp3) is 0.929. The van der Waals surface area contributed by atoms with Crippen LogP contribution in [0.5, 0.6) is 0 Å². The fourth-order valence-electron chi connectivity index (χ4n) is 3.58. The van der Waals surface area contributed by atoms with Crippen molar-refractivity contribution in [1.29, 1.82) is 0 Å². The van der Waals surface area contributed by atoms with Crippen LogP contribution in [-0.2, 0) is 19.0 Å². The second-order valence-electron chi connectivity index (χ2n) is 6.52. The third kappa shape index (κ3) is 2.83. The van der Waals surface area contributed by atoms with E-state index in [1.807, 2.05) is 6.92 Å². The van der Waals surface area contributed by atoms with Gasteiger partial charge >= 0.3 is 5.97 Å². The average Bonchev–Trinajstić information content (AvgIpc) is 2.81. The van der Waals surface area contributed by atoms with Crippen molar-refractivity contribution in [2.45, 2.75) is 43.4 Å². The molecule has 3 fully saturated rings. The van der Waals surface area contributed by atoms with Crippen LogP contribution in [0, 0.1) is 0 Å². The zero-order valence-corrected chi connectivity index (χ0v) is 12.0. The molecule has 1 N–H and O–H groups in total. The number of aliphatic carboxylic acids is 1. The van der Waals surface area contributed by atoms with Gasteiger partial charge in [0, 0.05) is 38.8 Å². The highest BCUT2D eigenvalue weighted by Crippen LogP contribution is 2.38. The molecule has 0 aromatic rings. The SMILES string of the molecule is CC1(OCC(=O)O)CN(C2CCOC3(CCOC3)C2)C1. The molecule has 6 heteroatoms. The van der Waals surface area contributed by atoms with E-state index in [9.17, 15) is 4.79 Å². The minimum atomic E-state index is -0.905. The van der Waals surface area contributed by atoms with Crippen LogP contribution in [0.2, 0.25) is 0 Å². The van der Waals surface area contributed by atoms with E-state index in [0.29, 0.717) is 12.6 Å². The smallest absolute Gasteiger partial charge is 0.329 e. The quantitative estimate of drug-likeness (QED) is 0.811. The summed E-state index contributed by atoms with van der Waals surface area (Å²) < 4.78 is 16.9. The van der Waals surface area contributed by atoms with E-state index in [1.54, 1.807) is 0 Å². The monoisotopic (exact) mass is 285 g/mol. The van der Waals surface area contributed by atoms with Crippen molar-refractivity contribution in [2.24, 2.45) is 0 Å². The number of hydrogen-bond donors (Lipinski definition) is 1. The molecular weight excluding hydrogens is 262 g/mol. The number of likely N-dealkylation sites (tertiary alicyclic amines) is 1. The first kappa shape index (κ1) is 14.3. The molecule has 0 amide bonds. The van der Waals surface area contributed by atoms with Crippen LogP contribution in [0.3, 0.4) is 0 Å². The Morgan fingerprint density at radius 3 is 2.90 bits per heavy atom. The number of carboxylic acids is 1. The molecule has 20 heavy (non-hydrogen) atoms. The highest BCUT2D eigenvalue weighted by atomic mass is 16.6. The molecule has 0 bridgehead atoms. The van der Waals surface area contributed by atoms with Gasteiger partial charge < -0.3 is 19.3 Å². The van der Waals surface area contributed by atoms with Crippen LogP contribution >= 0.6 is 0 Å². The topological polar surface area (TPSA) is 68.2 Å². The van der Waals surface area contributed by atoms with E-state index in [1.165, 1.54) is 0 Å². The van der Waals surface area contributed by atoms with Crippen molar-refractivity contribution in [1.82, 2.24) is 4.90 Å². The minimum absolute atomic E-state index is 0.0726. The number of hydrogen-bond acceptors (Lipinski definition) is 5. The summed E-state index contributed by atoms with van der Waals surface area (Å²) in [5.41, 5.74) is -0.382. The van der Waals surface area contributed by atoms with Crippen LogP contribution in [0.1, 0.15) is 26.2 Å². The van der Waals surface area contributed by atoms with Crippen LogP contribution < -0.4 is 0 Å². The highest BCUT2D eigenvalue weighted by molar-refractivity contribution is 5.68. The maximum Gasteiger partial charge on any atom is 0.329 e. The predicted molar refractivity (Wildman–Crippen MR) is 70.7 cm³/mol. The van der Waals surface area contributed by atoms with E-state index in [4.69, 9.17) is 19.3 Å². The summed E-state index contributed by atoms with van der Waals surface area (Å²) in [7, 11) is 0. The summed E-state index contributed by atoms with van der Waals surface area (Å²) in [6.45, 7) is 5.69. The molecular formula is C14H23NO5. The molecule has 3 saturated heterocycles. The first-order valence-electron chi connectivity index (χ1n) is 7.32. The first-order valence-corrected chi connectivity index (χ1v) is 7.32. The molecule has 1 spiro atoms. The Hall–Kier alpha value is -0.690. The molecule has 0 saturated carbocycles. The Labute approximate surface area is 119 Å². The summed E-state index contributed by atoms with van der Waals surface area (Å²) in [4.78, 5) is 13.0. The normalized spacial score (nSPS) is 37.0. The lowest BCUT2D eigenvalue weighted by Gasteiger charge is -2.53. The van der Waals surface area contributed by atoms with Gasteiger partial charge in [0.05, 0.1) is 17.8 Å². The highest BCUT2D eigenvalue weighted by Gasteiger charge is 2.48. The molecule has 114 valence electrons. The van der Waals surface area contributed by atoms with Gasteiger partial charge in [0.25, 0.3) is 0 Å². The standard InChI is InChI=1S/C14H23NO5/c1-13(20-7-12(16)17)8-15(9-13)11-2-4-19-14(6-11)3-5-18-10-14/h11H,2-10H2,1H3,(H,16,17). The summed E-state index contributed by atoms with van der Waals surface area (Å²) in [5, 5.41) is 8.68. The maximum absolute atomic E-state index is 10.6. The van der Waals surface area contributed by atoms with E-state index in [2.05, 4.69) is 4.90 Å². The molecule has 3 aliphatic rings. The van der Waals surface area contributed by atoms with E-state index >= 15 is 0 Å². The van der Waals surface area contributed by atoms with Crippen LogP contribution in [0.15, 0.2) is 0 Å². The number of nitrogens with zero attached hydrogens (tertiary/aromatic N) is 1. The molecule has 0 radical (unpaired) electrons. The molecule has 3 heterocycles. The van der Waals surface area contributed by atoms with Gasteiger partial charge in [-0.1, -0.05) is 0 Å². The van der Waals surface area contributed by atoms with Gasteiger partial charge in [-0.2, -0.15) is 0 Å². The van der Waals surface area contributed by atoms with Gasteiger partial charge in [-0.3, -0.25) is 4.90 Å². The summed E-state index contributed by atoms with van der Waals surface area (Å²) >= 11 is 0. The Balaban J connectivity index is 1.50.